The van der Waals surface area contributed by atoms with Crippen molar-refractivity contribution in [3.8, 4) is 0 Å². The highest BCUT2D eigenvalue weighted by molar-refractivity contribution is 6.00. The van der Waals surface area contributed by atoms with Crippen LogP contribution in [-0.4, -0.2) is 31.8 Å². The van der Waals surface area contributed by atoms with E-state index in [-0.39, 0.29) is 24.8 Å². The van der Waals surface area contributed by atoms with Gasteiger partial charge in [0, 0.05) is 12.6 Å². The molecule has 2 N–H and O–H groups in total. The van der Waals surface area contributed by atoms with Crippen molar-refractivity contribution in [1.82, 2.24) is 10.6 Å². The summed E-state index contributed by atoms with van der Waals surface area (Å²) in [7, 11) is 1.57. The van der Waals surface area contributed by atoms with Gasteiger partial charge < -0.3 is 10.6 Å². The van der Waals surface area contributed by atoms with Crippen LogP contribution in [0.25, 0.3) is 6.08 Å². The van der Waals surface area contributed by atoms with Gasteiger partial charge in [0.2, 0.25) is 5.91 Å². The molecule has 0 fully saturated rings. The first-order valence-corrected chi connectivity index (χ1v) is 7.03. The summed E-state index contributed by atoms with van der Waals surface area (Å²) in [4.78, 5) is 23.5. The molecule has 0 saturated heterocycles. The van der Waals surface area contributed by atoms with Gasteiger partial charge in [-0.2, -0.15) is 0 Å². The van der Waals surface area contributed by atoms with Crippen LogP contribution in [0.2, 0.25) is 0 Å². The highest BCUT2D eigenvalue weighted by atomic mass is 16.2. The van der Waals surface area contributed by atoms with E-state index < -0.39 is 0 Å². The zero-order valence-corrected chi connectivity index (χ0v) is 12.4. The Morgan fingerprint density at radius 3 is 2.76 bits per heavy atom. The number of carbonyl (C=O) groups is 2. The highest BCUT2D eigenvalue weighted by Gasteiger charge is 2.15. The van der Waals surface area contributed by atoms with Crippen molar-refractivity contribution in [1.29, 1.82) is 0 Å². The lowest BCUT2D eigenvalue weighted by molar-refractivity contribution is -0.119. The minimum atomic E-state index is -0.128. The Kier molecular flexibility index (Phi) is 5.06. The van der Waals surface area contributed by atoms with Crippen LogP contribution in [0, 0.1) is 6.92 Å². The number of fused-ring (bicyclic) bond motifs is 1. The molecule has 0 bridgehead atoms. The van der Waals surface area contributed by atoms with E-state index in [2.05, 4.69) is 16.7 Å². The Balaban J connectivity index is 2.17. The molecule has 1 aromatic carbocycles. The van der Waals surface area contributed by atoms with Gasteiger partial charge in [0.15, 0.2) is 5.78 Å². The standard InChI is InChI=1S/C17H20N2O2/c1-12-8-9-15(14-7-5-3-4-6-13(12)14)16(20)10-19-11-17(21)18-2/h3-6,8-9,19H,7,10-11H2,1-2H3,(H,18,21). The lowest BCUT2D eigenvalue weighted by Crippen LogP contribution is -2.34. The van der Waals surface area contributed by atoms with E-state index >= 15 is 0 Å². The Hall–Kier alpha value is -2.20. The maximum absolute atomic E-state index is 12.4. The zero-order valence-electron chi connectivity index (χ0n) is 12.4. The van der Waals surface area contributed by atoms with Crippen molar-refractivity contribution < 1.29 is 9.59 Å². The van der Waals surface area contributed by atoms with Crippen molar-refractivity contribution in [3.05, 3.63) is 52.6 Å². The second-order valence-corrected chi connectivity index (χ2v) is 5.01. The second kappa shape index (κ2) is 6.99. The van der Waals surface area contributed by atoms with E-state index in [9.17, 15) is 9.59 Å². The Morgan fingerprint density at radius 1 is 1.19 bits per heavy atom. The maximum Gasteiger partial charge on any atom is 0.233 e. The summed E-state index contributed by atoms with van der Waals surface area (Å²) >= 11 is 0. The number of Topliss-reactive ketones (excluding diaryl/α,β-unsaturated/α-hetero) is 1. The number of hydrogen-bond acceptors (Lipinski definition) is 3. The molecule has 0 unspecified atom stereocenters. The van der Waals surface area contributed by atoms with E-state index in [0.717, 1.165) is 23.1 Å². The number of aryl methyl sites for hydroxylation is 1. The summed E-state index contributed by atoms with van der Waals surface area (Å²) < 4.78 is 0. The lowest BCUT2D eigenvalue weighted by atomic mass is 9.92. The largest absolute Gasteiger partial charge is 0.358 e. The van der Waals surface area contributed by atoms with Gasteiger partial charge in [0.05, 0.1) is 13.1 Å². The number of likely N-dealkylation sites (N-methyl/N-ethyl adjacent to an activating group) is 1. The minimum absolute atomic E-state index is 0.0128. The lowest BCUT2D eigenvalue weighted by Gasteiger charge is -2.13. The molecule has 1 aliphatic carbocycles. The highest BCUT2D eigenvalue weighted by Crippen LogP contribution is 2.24. The summed E-state index contributed by atoms with van der Waals surface area (Å²) in [5.74, 6) is -0.116. The van der Waals surface area contributed by atoms with Crippen LogP contribution in [-0.2, 0) is 11.2 Å². The number of benzene rings is 1. The van der Waals surface area contributed by atoms with Crippen LogP contribution in [0.3, 0.4) is 0 Å². The van der Waals surface area contributed by atoms with E-state index in [1.807, 2.05) is 37.3 Å². The van der Waals surface area contributed by atoms with Gasteiger partial charge in [-0.05, 0) is 30.0 Å². The molecule has 21 heavy (non-hydrogen) atoms. The van der Waals surface area contributed by atoms with Gasteiger partial charge in [-0.3, -0.25) is 9.59 Å². The minimum Gasteiger partial charge on any atom is -0.358 e. The normalized spacial score (nSPS) is 12.7. The van der Waals surface area contributed by atoms with E-state index in [1.165, 1.54) is 5.56 Å². The van der Waals surface area contributed by atoms with Gasteiger partial charge in [0.1, 0.15) is 0 Å². The fourth-order valence-electron chi connectivity index (χ4n) is 2.38. The van der Waals surface area contributed by atoms with Crippen LogP contribution < -0.4 is 10.6 Å². The first-order valence-electron chi connectivity index (χ1n) is 7.03. The SMILES string of the molecule is CNC(=O)CNCC(=O)c1ccc(C)c2c1CC=CC=C2. The molecular formula is C17H20N2O2. The average Bonchev–Trinajstić information content (AvgIpc) is 2.73. The molecule has 0 spiro atoms. The molecular weight excluding hydrogens is 264 g/mol. The predicted molar refractivity (Wildman–Crippen MR) is 84.3 cm³/mol. The fourth-order valence-corrected chi connectivity index (χ4v) is 2.38. The van der Waals surface area contributed by atoms with Crippen molar-refractivity contribution in [2.45, 2.75) is 13.3 Å². The molecule has 0 radical (unpaired) electrons. The molecule has 110 valence electrons. The average molecular weight is 284 g/mol. The molecule has 0 saturated carbocycles. The van der Waals surface area contributed by atoms with Gasteiger partial charge in [-0.15, -0.1) is 0 Å². The van der Waals surface area contributed by atoms with E-state index in [0.29, 0.717) is 0 Å². The third-order valence-electron chi connectivity index (χ3n) is 3.56. The van der Waals surface area contributed by atoms with Crippen molar-refractivity contribution in [3.63, 3.8) is 0 Å². The number of hydrogen-bond donors (Lipinski definition) is 2. The quantitative estimate of drug-likeness (QED) is 0.808. The van der Waals surface area contributed by atoms with Gasteiger partial charge in [0.25, 0.3) is 0 Å². The van der Waals surface area contributed by atoms with Crippen LogP contribution in [0.4, 0.5) is 0 Å². The van der Waals surface area contributed by atoms with Gasteiger partial charge in [-0.1, -0.05) is 36.4 Å². The molecule has 0 aliphatic heterocycles. The first-order chi connectivity index (χ1) is 10.1. The van der Waals surface area contributed by atoms with Crippen molar-refractivity contribution >= 4 is 17.8 Å². The Morgan fingerprint density at radius 2 is 2.00 bits per heavy atom. The van der Waals surface area contributed by atoms with Crippen LogP contribution in [0.1, 0.15) is 27.0 Å². The molecule has 1 aliphatic rings. The van der Waals surface area contributed by atoms with Crippen LogP contribution >= 0.6 is 0 Å². The number of rotatable bonds is 5. The van der Waals surface area contributed by atoms with Crippen LogP contribution in [0.15, 0.2) is 30.4 Å². The maximum atomic E-state index is 12.4. The predicted octanol–water partition coefficient (Wildman–Crippen LogP) is 1.64. The smallest absolute Gasteiger partial charge is 0.233 e. The third-order valence-corrected chi connectivity index (χ3v) is 3.56. The van der Waals surface area contributed by atoms with Gasteiger partial charge >= 0.3 is 0 Å². The number of amides is 1. The first kappa shape index (κ1) is 15.2. The summed E-state index contributed by atoms with van der Waals surface area (Å²) in [6.07, 6.45) is 8.84. The Bertz CT molecular complexity index is 615. The zero-order chi connectivity index (χ0) is 15.2. The summed E-state index contributed by atoms with van der Waals surface area (Å²) in [6, 6.07) is 3.85. The summed E-state index contributed by atoms with van der Waals surface area (Å²) in [6.45, 7) is 2.36. The van der Waals surface area contributed by atoms with Crippen molar-refractivity contribution in [2.24, 2.45) is 0 Å². The molecule has 4 nitrogen and oxygen atoms in total. The number of carbonyl (C=O) groups excluding carboxylic acids is 2. The van der Waals surface area contributed by atoms with E-state index in [1.54, 1.807) is 7.05 Å². The van der Waals surface area contributed by atoms with Crippen molar-refractivity contribution in [2.75, 3.05) is 20.1 Å². The topological polar surface area (TPSA) is 58.2 Å². The molecule has 2 rings (SSSR count). The number of allylic oxidation sites excluding steroid dienone is 3. The van der Waals surface area contributed by atoms with E-state index in [4.69, 9.17) is 0 Å². The van der Waals surface area contributed by atoms with Gasteiger partial charge in [-0.25, -0.2) is 0 Å². The molecule has 1 aromatic rings. The second-order valence-electron chi connectivity index (χ2n) is 5.01. The molecule has 0 atom stereocenters. The summed E-state index contributed by atoms with van der Waals surface area (Å²) in [5, 5.41) is 5.39. The number of ketones is 1. The van der Waals surface area contributed by atoms with Crippen LogP contribution in [0.5, 0.6) is 0 Å². The monoisotopic (exact) mass is 284 g/mol. The Labute approximate surface area is 124 Å². The summed E-state index contributed by atoms with van der Waals surface area (Å²) in [5.41, 5.74) is 4.08. The molecule has 4 heteroatoms. The molecule has 1 amide bonds. The number of nitrogens with one attached hydrogen (secondary N) is 2. The fraction of sp³-hybridized carbons (Fsp3) is 0.294. The third kappa shape index (κ3) is 3.67. The molecule has 0 heterocycles. The molecule has 0 aromatic heterocycles.